The van der Waals surface area contributed by atoms with Crippen molar-refractivity contribution in [1.29, 1.82) is 0 Å². The van der Waals surface area contributed by atoms with Crippen molar-refractivity contribution in [2.75, 3.05) is 25.1 Å². The van der Waals surface area contributed by atoms with Gasteiger partial charge in [-0.15, -0.1) is 0 Å². The third kappa shape index (κ3) is 4.72. The average Bonchev–Trinajstić information content (AvgIpc) is 3.09. The molecule has 1 aliphatic rings. The lowest BCUT2D eigenvalue weighted by molar-refractivity contribution is -0.121. The fourth-order valence-corrected chi connectivity index (χ4v) is 3.64. The molecule has 3 rings (SSSR count). The van der Waals surface area contributed by atoms with Crippen molar-refractivity contribution < 1.29 is 9.53 Å². The van der Waals surface area contributed by atoms with Crippen LogP contribution in [0.3, 0.4) is 0 Å². The number of anilines is 1. The Bertz CT molecular complexity index is 724. The van der Waals surface area contributed by atoms with Crippen LogP contribution in [0.15, 0.2) is 47.1 Å². The maximum absolute atomic E-state index is 12.2. The van der Waals surface area contributed by atoms with E-state index in [0.29, 0.717) is 12.8 Å². The number of methoxy groups -OCH3 is 1. The van der Waals surface area contributed by atoms with Crippen LogP contribution in [0.4, 0.5) is 5.82 Å². The van der Waals surface area contributed by atoms with Gasteiger partial charge in [-0.05, 0) is 58.6 Å². The molecule has 2 aromatic rings. The van der Waals surface area contributed by atoms with Gasteiger partial charge in [-0.3, -0.25) is 4.79 Å². The van der Waals surface area contributed by atoms with Gasteiger partial charge in [0, 0.05) is 31.7 Å². The van der Waals surface area contributed by atoms with Crippen LogP contribution in [0.5, 0.6) is 5.75 Å². The van der Waals surface area contributed by atoms with Gasteiger partial charge < -0.3 is 15.0 Å². The summed E-state index contributed by atoms with van der Waals surface area (Å²) in [7, 11) is 1.64. The molecule has 0 radical (unpaired) electrons. The van der Waals surface area contributed by atoms with Crippen molar-refractivity contribution in [1.82, 2.24) is 10.3 Å². The first-order valence-corrected chi connectivity index (χ1v) is 9.23. The van der Waals surface area contributed by atoms with E-state index in [1.807, 2.05) is 36.4 Å². The van der Waals surface area contributed by atoms with Gasteiger partial charge in [-0.2, -0.15) is 0 Å². The molecular weight excluding hydrogens is 382 g/mol. The van der Waals surface area contributed by atoms with E-state index >= 15 is 0 Å². The molecule has 1 fully saturated rings. The minimum absolute atomic E-state index is 0.0970. The second kappa shape index (κ2) is 8.34. The SMILES string of the molecule is COc1ccc(CCC(=O)N[C@@H]2CCN(c3ccccn3)C2)cc1Br. The topological polar surface area (TPSA) is 54.5 Å². The first kappa shape index (κ1) is 17.7. The molecule has 1 N–H and O–H groups in total. The van der Waals surface area contributed by atoms with Gasteiger partial charge in [0.2, 0.25) is 5.91 Å². The maximum Gasteiger partial charge on any atom is 0.220 e. The van der Waals surface area contributed by atoms with Crippen molar-refractivity contribution in [2.45, 2.75) is 25.3 Å². The molecule has 0 unspecified atom stereocenters. The van der Waals surface area contributed by atoms with Crippen molar-refractivity contribution >= 4 is 27.7 Å². The van der Waals surface area contributed by atoms with Gasteiger partial charge in [0.1, 0.15) is 11.6 Å². The third-order valence-corrected chi connectivity index (χ3v) is 5.00. The number of aromatic nitrogens is 1. The number of carbonyl (C=O) groups is 1. The van der Waals surface area contributed by atoms with E-state index in [4.69, 9.17) is 4.74 Å². The Morgan fingerprint density at radius 3 is 3.00 bits per heavy atom. The number of halogens is 1. The highest BCUT2D eigenvalue weighted by atomic mass is 79.9. The summed E-state index contributed by atoms with van der Waals surface area (Å²) in [6.07, 6.45) is 3.95. The predicted octanol–water partition coefficient (Wildman–Crippen LogP) is 3.18. The molecule has 1 saturated heterocycles. The Hall–Kier alpha value is -2.08. The van der Waals surface area contributed by atoms with Crippen molar-refractivity contribution in [3.05, 3.63) is 52.6 Å². The first-order valence-electron chi connectivity index (χ1n) is 8.43. The summed E-state index contributed by atoms with van der Waals surface area (Å²) in [6, 6.07) is 12.0. The summed E-state index contributed by atoms with van der Waals surface area (Å²) < 4.78 is 6.14. The molecule has 0 aliphatic carbocycles. The van der Waals surface area contributed by atoms with E-state index < -0.39 is 0 Å². The molecule has 1 aliphatic heterocycles. The lowest BCUT2D eigenvalue weighted by Crippen LogP contribution is -2.37. The zero-order chi connectivity index (χ0) is 17.6. The van der Waals surface area contributed by atoms with Crippen LogP contribution in [0, 0.1) is 0 Å². The lowest BCUT2D eigenvalue weighted by Gasteiger charge is -2.17. The molecule has 0 saturated carbocycles. The molecule has 6 heteroatoms. The minimum Gasteiger partial charge on any atom is -0.496 e. The Morgan fingerprint density at radius 2 is 2.28 bits per heavy atom. The smallest absolute Gasteiger partial charge is 0.220 e. The Kier molecular flexibility index (Phi) is 5.91. The molecule has 25 heavy (non-hydrogen) atoms. The van der Waals surface area contributed by atoms with E-state index in [0.717, 1.165) is 41.1 Å². The molecule has 2 heterocycles. The number of nitrogens with one attached hydrogen (secondary N) is 1. The van der Waals surface area contributed by atoms with Crippen LogP contribution in [0.25, 0.3) is 0 Å². The molecule has 1 amide bonds. The van der Waals surface area contributed by atoms with Crippen LogP contribution in [-0.4, -0.2) is 37.1 Å². The van der Waals surface area contributed by atoms with E-state index in [9.17, 15) is 4.79 Å². The number of benzene rings is 1. The Morgan fingerprint density at radius 1 is 1.40 bits per heavy atom. The highest BCUT2D eigenvalue weighted by Crippen LogP contribution is 2.26. The average molecular weight is 404 g/mol. The van der Waals surface area contributed by atoms with E-state index in [2.05, 4.69) is 31.1 Å². The summed E-state index contributed by atoms with van der Waals surface area (Å²) in [5.74, 6) is 1.87. The molecule has 1 atom stereocenters. The fraction of sp³-hybridized carbons (Fsp3) is 0.368. The molecule has 0 spiro atoms. The van der Waals surface area contributed by atoms with Crippen LogP contribution >= 0.6 is 15.9 Å². The monoisotopic (exact) mass is 403 g/mol. The highest BCUT2D eigenvalue weighted by molar-refractivity contribution is 9.10. The maximum atomic E-state index is 12.2. The van der Waals surface area contributed by atoms with Crippen LogP contribution in [-0.2, 0) is 11.2 Å². The van der Waals surface area contributed by atoms with Crippen molar-refractivity contribution in [3.63, 3.8) is 0 Å². The van der Waals surface area contributed by atoms with Crippen LogP contribution in [0.1, 0.15) is 18.4 Å². The Balaban J connectivity index is 1.46. The predicted molar refractivity (Wildman–Crippen MR) is 102 cm³/mol. The fourth-order valence-electron chi connectivity index (χ4n) is 3.05. The lowest BCUT2D eigenvalue weighted by atomic mass is 10.1. The molecule has 1 aromatic heterocycles. The number of carbonyl (C=O) groups excluding carboxylic acids is 1. The minimum atomic E-state index is 0.0970. The second-order valence-corrected chi connectivity index (χ2v) is 7.01. The molecule has 0 bridgehead atoms. The van der Waals surface area contributed by atoms with Crippen LogP contribution in [0.2, 0.25) is 0 Å². The number of amides is 1. The largest absolute Gasteiger partial charge is 0.496 e. The van der Waals surface area contributed by atoms with Crippen molar-refractivity contribution in [3.8, 4) is 5.75 Å². The molecule has 5 nitrogen and oxygen atoms in total. The highest BCUT2D eigenvalue weighted by Gasteiger charge is 2.24. The van der Waals surface area contributed by atoms with Gasteiger partial charge in [0.05, 0.1) is 11.6 Å². The summed E-state index contributed by atoms with van der Waals surface area (Å²) in [5.41, 5.74) is 1.12. The Labute approximate surface area is 156 Å². The van der Waals surface area contributed by atoms with E-state index in [1.54, 1.807) is 13.3 Å². The second-order valence-electron chi connectivity index (χ2n) is 6.16. The number of nitrogens with zero attached hydrogens (tertiary/aromatic N) is 2. The first-order chi connectivity index (χ1) is 12.2. The van der Waals surface area contributed by atoms with E-state index in [1.165, 1.54) is 0 Å². The van der Waals surface area contributed by atoms with Gasteiger partial charge in [0.15, 0.2) is 0 Å². The van der Waals surface area contributed by atoms with E-state index in [-0.39, 0.29) is 11.9 Å². The number of hydrogen-bond donors (Lipinski definition) is 1. The standard InChI is InChI=1S/C19H22BrN3O2/c1-25-17-7-5-14(12-16(17)20)6-8-19(24)22-15-9-11-23(13-15)18-4-2-3-10-21-18/h2-5,7,10,12,15H,6,8-9,11,13H2,1H3,(H,22,24)/t15-/m1/s1. The number of hydrogen-bond acceptors (Lipinski definition) is 4. The molecule has 132 valence electrons. The number of aryl methyl sites for hydroxylation is 1. The summed E-state index contributed by atoms with van der Waals surface area (Å²) in [5, 5.41) is 3.14. The third-order valence-electron chi connectivity index (χ3n) is 4.38. The zero-order valence-electron chi connectivity index (χ0n) is 14.2. The van der Waals surface area contributed by atoms with Gasteiger partial charge >= 0.3 is 0 Å². The summed E-state index contributed by atoms with van der Waals surface area (Å²) >= 11 is 3.48. The van der Waals surface area contributed by atoms with Crippen molar-refractivity contribution in [2.24, 2.45) is 0 Å². The number of ether oxygens (including phenoxy) is 1. The van der Waals surface area contributed by atoms with Gasteiger partial charge in [0.25, 0.3) is 0 Å². The summed E-state index contributed by atoms with van der Waals surface area (Å²) in [4.78, 5) is 18.8. The zero-order valence-corrected chi connectivity index (χ0v) is 15.8. The summed E-state index contributed by atoms with van der Waals surface area (Å²) in [6.45, 7) is 1.74. The quantitative estimate of drug-likeness (QED) is 0.804. The number of rotatable bonds is 6. The normalized spacial score (nSPS) is 16.7. The van der Waals surface area contributed by atoms with Crippen LogP contribution < -0.4 is 15.0 Å². The van der Waals surface area contributed by atoms with Gasteiger partial charge in [-0.1, -0.05) is 12.1 Å². The molecular formula is C19H22BrN3O2. The number of pyridine rings is 1. The molecule has 1 aromatic carbocycles. The van der Waals surface area contributed by atoms with Gasteiger partial charge in [-0.25, -0.2) is 4.98 Å².